The Morgan fingerprint density at radius 1 is 0.938 bits per heavy atom. The quantitative estimate of drug-likeness (QED) is 0.856. The highest BCUT2D eigenvalue weighted by molar-refractivity contribution is 6.32. The molecule has 0 radical (unpaired) electrons. The number of halogens is 2. The van der Waals surface area contributed by atoms with E-state index < -0.39 is 0 Å². The van der Waals surface area contributed by atoms with Gasteiger partial charge in [-0.2, -0.15) is 0 Å². The standard InChI is InChI=1S/C12H8Cl2O2/c13-8-2-1-3-9(6-8)16-10-4-5-12(15)11(14)7-10/h1-7,15H. The van der Waals surface area contributed by atoms with Crippen molar-refractivity contribution in [3.63, 3.8) is 0 Å². The molecular weight excluding hydrogens is 247 g/mol. The predicted octanol–water partition coefficient (Wildman–Crippen LogP) is 4.49. The van der Waals surface area contributed by atoms with Crippen LogP contribution in [0.2, 0.25) is 10.0 Å². The lowest BCUT2D eigenvalue weighted by molar-refractivity contribution is 0.464. The summed E-state index contributed by atoms with van der Waals surface area (Å²) >= 11 is 11.6. The van der Waals surface area contributed by atoms with Gasteiger partial charge in [-0.3, -0.25) is 0 Å². The van der Waals surface area contributed by atoms with Gasteiger partial charge in [0.15, 0.2) is 0 Å². The molecule has 0 saturated carbocycles. The molecule has 0 spiro atoms. The molecule has 0 amide bonds. The van der Waals surface area contributed by atoms with Crippen molar-refractivity contribution in [2.45, 2.75) is 0 Å². The number of phenolic OH excluding ortho intramolecular Hbond substituents is 1. The van der Waals surface area contributed by atoms with Crippen LogP contribution >= 0.6 is 23.2 Å². The number of rotatable bonds is 2. The Morgan fingerprint density at radius 2 is 1.69 bits per heavy atom. The summed E-state index contributed by atoms with van der Waals surface area (Å²) in [5, 5.41) is 10.1. The number of phenols is 1. The van der Waals surface area contributed by atoms with Crippen molar-refractivity contribution in [1.82, 2.24) is 0 Å². The van der Waals surface area contributed by atoms with E-state index in [1.165, 1.54) is 12.1 Å². The Hall–Kier alpha value is -1.38. The van der Waals surface area contributed by atoms with E-state index in [1.807, 2.05) is 0 Å². The van der Waals surface area contributed by atoms with Gasteiger partial charge in [-0.05, 0) is 30.3 Å². The highest BCUT2D eigenvalue weighted by Gasteiger charge is 2.02. The molecule has 0 aromatic heterocycles. The average molecular weight is 255 g/mol. The summed E-state index contributed by atoms with van der Waals surface area (Å²) in [5.74, 6) is 1.19. The third-order valence-electron chi connectivity index (χ3n) is 1.95. The first-order valence-corrected chi connectivity index (χ1v) is 5.33. The summed E-state index contributed by atoms with van der Waals surface area (Å²) in [5.41, 5.74) is 0. The molecule has 0 bridgehead atoms. The van der Waals surface area contributed by atoms with E-state index in [2.05, 4.69) is 0 Å². The van der Waals surface area contributed by atoms with E-state index in [1.54, 1.807) is 30.3 Å². The molecule has 0 aliphatic rings. The number of hydrogen-bond acceptors (Lipinski definition) is 2. The van der Waals surface area contributed by atoms with Crippen molar-refractivity contribution >= 4 is 23.2 Å². The van der Waals surface area contributed by atoms with Crippen LogP contribution in [0.4, 0.5) is 0 Å². The molecular formula is C12H8Cl2O2. The topological polar surface area (TPSA) is 29.5 Å². The first-order valence-electron chi connectivity index (χ1n) is 4.57. The fraction of sp³-hybridized carbons (Fsp3) is 0. The molecule has 0 atom stereocenters. The monoisotopic (exact) mass is 254 g/mol. The van der Waals surface area contributed by atoms with Crippen LogP contribution in [0.5, 0.6) is 17.2 Å². The zero-order valence-corrected chi connectivity index (χ0v) is 9.66. The van der Waals surface area contributed by atoms with Crippen molar-refractivity contribution in [2.24, 2.45) is 0 Å². The second kappa shape index (κ2) is 4.64. The fourth-order valence-corrected chi connectivity index (χ4v) is 1.57. The Morgan fingerprint density at radius 3 is 2.38 bits per heavy atom. The maximum Gasteiger partial charge on any atom is 0.134 e. The van der Waals surface area contributed by atoms with Crippen LogP contribution in [0, 0.1) is 0 Å². The van der Waals surface area contributed by atoms with E-state index >= 15 is 0 Å². The lowest BCUT2D eigenvalue weighted by atomic mass is 10.3. The van der Waals surface area contributed by atoms with Crippen LogP contribution < -0.4 is 4.74 Å². The highest BCUT2D eigenvalue weighted by atomic mass is 35.5. The molecule has 82 valence electrons. The van der Waals surface area contributed by atoms with Gasteiger partial charge in [-0.25, -0.2) is 0 Å². The lowest BCUT2D eigenvalue weighted by Crippen LogP contribution is -1.83. The third-order valence-corrected chi connectivity index (χ3v) is 2.49. The molecule has 0 aliphatic heterocycles. The van der Waals surface area contributed by atoms with E-state index in [-0.39, 0.29) is 10.8 Å². The molecule has 2 aromatic rings. The Labute approximate surface area is 103 Å². The number of ether oxygens (including phenoxy) is 1. The molecule has 2 rings (SSSR count). The van der Waals surface area contributed by atoms with Crippen LogP contribution in [0.1, 0.15) is 0 Å². The summed E-state index contributed by atoms with van der Waals surface area (Å²) in [6.07, 6.45) is 0. The molecule has 1 N–H and O–H groups in total. The molecule has 0 fully saturated rings. The lowest BCUT2D eigenvalue weighted by Gasteiger charge is -2.06. The number of benzene rings is 2. The molecule has 0 saturated heterocycles. The second-order valence-corrected chi connectivity index (χ2v) is 4.02. The molecule has 0 aliphatic carbocycles. The van der Waals surface area contributed by atoms with Crippen LogP contribution in [0.25, 0.3) is 0 Å². The van der Waals surface area contributed by atoms with Gasteiger partial charge in [0.1, 0.15) is 17.2 Å². The molecule has 2 nitrogen and oxygen atoms in total. The number of aromatic hydroxyl groups is 1. The smallest absolute Gasteiger partial charge is 0.134 e. The van der Waals surface area contributed by atoms with Crippen LogP contribution in [-0.2, 0) is 0 Å². The molecule has 4 heteroatoms. The largest absolute Gasteiger partial charge is 0.506 e. The number of hydrogen-bond donors (Lipinski definition) is 1. The summed E-state index contributed by atoms with van der Waals surface area (Å²) in [6, 6.07) is 11.7. The molecule has 2 aromatic carbocycles. The SMILES string of the molecule is Oc1ccc(Oc2cccc(Cl)c2)cc1Cl. The predicted molar refractivity (Wildman–Crippen MR) is 64.6 cm³/mol. The van der Waals surface area contributed by atoms with Gasteiger partial charge in [0.25, 0.3) is 0 Å². The molecule has 16 heavy (non-hydrogen) atoms. The van der Waals surface area contributed by atoms with E-state index in [4.69, 9.17) is 27.9 Å². The van der Waals surface area contributed by atoms with Crippen LogP contribution in [-0.4, -0.2) is 5.11 Å². The van der Waals surface area contributed by atoms with Crippen molar-refractivity contribution in [1.29, 1.82) is 0 Å². The third kappa shape index (κ3) is 2.60. The summed E-state index contributed by atoms with van der Waals surface area (Å²) in [6.45, 7) is 0. The van der Waals surface area contributed by atoms with Gasteiger partial charge >= 0.3 is 0 Å². The van der Waals surface area contributed by atoms with E-state index in [0.717, 1.165) is 0 Å². The normalized spacial score (nSPS) is 10.1. The first-order chi connectivity index (χ1) is 7.65. The van der Waals surface area contributed by atoms with Gasteiger partial charge < -0.3 is 9.84 Å². The molecule has 0 heterocycles. The minimum atomic E-state index is 0.0279. The van der Waals surface area contributed by atoms with Gasteiger partial charge in [0, 0.05) is 11.1 Å². The van der Waals surface area contributed by atoms with Gasteiger partial charge in [0.05, 0.1) is 5.02 Å². The second-order valence-electron chi connectivity index (χ2n) is 3.17. The van der Waals surface area contributed by atoms with Crippen LogP contribution in [0.3, 0.4) is 0 Å². The minimum absolute atomic E-state index is 0.0279. The maximum atomic E-state index is 9.25. The maximum absolute atomic E-state index is 9.25. The van der Waals surface area contributed by atoms with Gasteiger partial charge in [-0.1, -0.05) is 29.3 Å². The minimum Gasteiger partial charge on any atom is -0.506 e. The zero-order chi connectivity index (χ0) is 11.5. The Bertz CT molecular complexity index is 512. The van der Waals surface area contributed by atoms with Crippen molar-refractivity contribution < 1.29 is 9.84 Å². The highest BCUT2D eigenvalue weighted by Crippen LogP contribution is 2.30. The van der Waals surface area contributed by atoms with Gasteiger partial charge in [0.2, 0.25) is 0 Å². The average Bonchev–Trinajstić information content (AvgIpc) is 2.24. The van der Waals surface area contributed by atoms with Crippen molar-refractivity contribution in [3.8, 4) is 17.2 Å². The Balaban J connectivity index is 2.24. The van der Waals surface area contributed by atoms with Crippen molar-refractivity contribution in [3.05, 3.63) is 52.5 Å². The van der Waals surface area contributed by atoms with E-state index in [9.17, 15) is 5.11 Å². The van der Waals surface area contributed by atoms with Gasteiger partial charge in [-0.15, -0.1) is 0 Å². The van der Waals surface area contributed by atoms with Crippen LogP contribution in [0.15, 0.2) is 42.5 Å². The first kappa shape index (κ1) is 11.1. The summed E-state index contributed by atoms with van der Waals surface area (Å²) < 4.78 is 5.52. The van der Waals surface area contributed by atoms with Crippen molar-refractivity contribution in [2.75, 3.05) is 0 Å². The summed E-state index contributed by atoms with van der Waals surface area (Å²) in [7, 11) is 0. The van der Waals surface area contributed by atoms with E-state index in [0.29, 0.717) is 16.5 Å². The zero-order valence-electron chi connectivity index (χ0n) is 8.15. The Kier molecular flexibility index (Phi) is 3.22. The summed E-state index contributed by atoms with van der Waals surface area (Å²) in [4.78, 5) is 0. The molecule has 0 unspecified atom stereocenters. The fourth-order valence-electron chi connectivity index (χ4n) is 1.22.